The number of aliphatic hydroxyl groups is 1. The lowest BCUT2D eigenvalue weighted by atomic mass is 10.2. The zero-order valence-corrected chi connectivity index (χ0v) is 10.6. The van der Waals surface area contributed by atoms with Gasteiger partial charge in [0.15, 0.2) is 0 Å². The monoisotopic (exact) mass is 253 g/mol. The molecule has 2 rings (SSSR count). The summed E-state index contributed by atoms with van der Waals surface area (Å²) in [6.45, 7) is 3.74. The van der Waals surface area contributed by atoms with Gasteiger partial charge in [-0.3, -0.25) is 14.3 Å². The smallest absolute Gasteiger partial charge is 0.328 e. The summed E-state index contributed by atoms with van der Waals surface area (Å²) in [5, 5.41) is 9.20. The lowest BCUT2D eigenvalue weighted by Gasteiger charge is -2.22. The number of aromatic amines is 1. The van der Waals surface area contributed by atoms with Crippen molar-refractivity contribution in [2.24, 2.45) is 0 Å². The lowest BCUT2D eigenvalue weighted by Crippen LogP contribution is -2.41. The fourth-order valence-electron chi connectivity index (χ4n) is 2.47. The van der Waals surface area contributed by atoms with E-state index < -0.39 is 0 Å². The molecule has 1 aliphatic rings. The Bertz CT molecular complexity index is 489. The highest BCUT2D eigenvalue weighted by atomic mass is 16.3. The zero-order valence-electron chi connectivity index (χ0n) is 10.6. The van der Waals surface area contributed by atoms with Crippen LogP contribution < -0.4 is 11.2 Å². The Labute approximate surface area is 105 Å². The lowest BCUT2D eigenvalue weighted by molar-refractivity contribution is 0.154. The number of nitrogens with zero attached hydrogens (tertiary/aromatic N) is 2. The fourth-order valence-corrected chi connectivity index (χ4v) is 2.47. The number of aliphatic hydroxyl groups excluding tert-OH is 1. The number of aryl methyl sites for hydroxylation is 1. The SMILES string of the molecule is Cc1cc(=O)n(CCN2CCC[C@@H]2CO)c(=O)[nH]1. The molecule has 100 valence electrons. The van der Waals surface area contributed by atoms with E-state index in [4.69, 9.17) is 0 Å². The second-order valence-electron chi connectivity index (χ2n) is 4.76. The van der Waals surface area contributed by atoms with Gasteiger partial charge in [0.2, 0.25) is 0 Å². The van der Waals surface area contributed by atoms with Crippen molar-refractivity contribution in [3.63, 3.8) is 0 Å². The van der Waals surface area contributed by atoms with E-state index in [1.54, 1.807) is 6.92 Å². The van der Waals surface area contributed by atoms with Gasteiger partial charge < -0.3 is 10.1 Å². The van der Waals surface area contributed by atoms with Crippen molar-refractivity contribution in [1.82, 2.24) is 14.5 Å². The summed E-state index contributed by atoms with van der Waals surface area (Å²) in [5.74, 6) is 0. The van der Waals surface area contributed by atoms with Gasteiger partial charge in [0, 0.05) is 30.9 Å². The highest BCUT2D eigenvalue weighted by Crippen LogP contribution is 2.15. The van der Waals surface area contributed by atoms with Gasteiger partial charge in [-0.15, -0.1) is 0 Å². The van der Waals surface area contributed by atoms with Gasteiger partial charge >= 0.3 is 5.69 Å². The van der Waals surface area contributed by atoms with E-state index in [-0.39, 0.29) is 23.9 Å². The van der Waals surface area contributed by atoms with E-state index >= 15 is 0 Å². The van der Waals surface area contributed by atoms with Crippen LogP contribution in [0.1, 0.15) is 18.5 Å². The van der Waals surface area contributed by atoms with Gasteiger partial charge in [-0.2, -0.15) is 0 Å². The third-order valence-corrected chi connectivity index (χ3v) is 3.48. The van der Waals surface area contributed by atoms with Crippen LogP contribution in [0.25, 0.3) is 0 Å². The van der Waals surface area contributed by atoms with E-state index in [2.05, 4.69) is 9.88 Å². The van der Waals surface area contributed by atoms with Gasteiger partial charge in [0.05, 0.1) is 6.61 Å². The maximum atomic E-state index is 11.7. The molecule has 1 aromatic heterocycles. The Balaban J connectivity index is 2.07. The number of aromatic nitrogens is 2. The number of nitrogens with one attached hydrogen (secondary N) is 1. The molecule has 0 unspecified atom stereocenters. The summed E-state index contributed by atoms with van der Waals surface area (Å²) in [4.78, 5) is 28.1. The van der Waals surface area contributed by atoms with E-state index in [0.29, 0.717) is 18.8 Å². The van der Waals surface area contributed by atoms with Crippen molar-refractivity contribution in [3.8, 4) is 0 Å². The molecule has 0 amide bonds. The van der Waals surface area contributed by atoms with Crippen LogP contribution >= 0.6 is 0 Å². The van der Waals surface area contributed by atoms with Crippen LogP contribution in [-0.4, -0.2) is 45.3 Å². The molecule has 1 saturated heterocycles. The third kappa shape index (κ3) is 2.70. The topological polar surface area (TPSA) is 78.3 Å². The Hall–Kier alpha value is -1.40. The van der Waals surface area contributed by atoms with Crippen LogP contribution in [-0.2, 0) is 6.54 Å². The molecule has 1 fully saturated rings. The van der Waals surface area contributed by atoms with Gasteiger partial charge in [-0.25, -0.2) is 4.79 Å². The first-order valence-corrected chi connectivity index (χ1v) is 6.27. The van der Waals surface area contributed by atoms with Crippen LogP contribution in [0.3, 0.4) is 0 Å². The Morgan fingerprint density at radius 2 is 2.22 bits per heavy atom. The highest BCUT2D eigenvalue weighted by Gasteiger charge is 2.23. The van der Waals surface area contributed by atoms with Gasteiger partial charge in [-0.05, 0) is 26.3 Å². The van der Waals surface area contributed by atoms with E-state index in [1.807, 2.05) is 0 Å². The molecular formula is C12H19N3O3. The molecule has 1 aliphatic heterocycles. The van der Waals surface area contributed by atoms with Gasteiger partial charge in [-0.1, -0.05) is 0 Å². The summed E-state index contributed by atoms with van der Waals surface area (Å²) in [7, 11) is 0. The first kappa shape index (κ1) is 13.0. The standard InChI is InChI=1S/C12H19N3O3/c1-9-7-11(17)15(12(18)13-9)6-5-14-4-2-3-10(14)8-16/h7,10,16H,2-6,8H2,1H3,(H,13,18)/t10-/m1/s1. The maximum Gasteiger partial charge on any atom is 0.328 e. The molecule has 1 aromatic rings. The quantitative estimate of drug-likeness (QED) is 0.744. The van der Waals surface area contributed by atoms with Crippen molar-refractivity contribution >= 4 is 0 Å². The molecule has 0 aliphatic carbocycles. The molecule has 0 aromatic carbocycles. The van der Waals surface area contributed by atoms with Crippen LogP contribution in [0, 0.1) is 6.92 Å². The first-order chi connectivity index (χ1) is 8.61. The molecule has 0 spiro atoms. The number of hydrogen-bond acceptors (Lipinski definition) is 4. The molecule has 0 radical (unpaired) electrons. The third-order valence-electron chi connectivity index (χ3n) is 3.48. The minimum atomic E-state index is -0.361. The van der Waals surface area contributed by atoms with Crippen LogP contribution in [0.2, 0.25) is 0 Å². The maximum absolute atomic E-state index is 11.7. The minimum absolute atomic E-state index is 0.138. The van der Waals surface area contributed by atoms with Crippen molar-refractivity contribution in [3.05, 3.63) is 32.6 Å². The van der Waals surface area contributed by atoms with Crippen LogP contribution in [0.4, 0.5) is 0 Å². The summed E-state index contributed by atoms with van der Waals surface area (Å²) >= 11 is 0. The molecular weight excluding hydrogens is 234 g/mol. The Morgan fingerprint density at radius 1 is 1.44 bits per heavy atom. The highest BCUT2D eigenvalue weighted by molar-refractivity contribution is 4.96. The fraction of sp³-hybridized carbons (Fsp3) is 0.667. The predicted octanol–water partition coefficient (Wildman–Crippen LogP) is -0.698. The summed E-state index contributed by atoms with van der Waals surface area (Å²) in [6.07, 6.45) is 2.04. The predicted molar refractivity (Wildman–Crippen MR) is 67.7 cm³/mol. The number of H-pyrrole nitrogens is 1. The summed E-state index contributed by atoms with van der Waals surface area (Å²) in [6, 6.07) is 1.60. The van der Waals surface area contributed by atoms with E-state index in [1.165, 1.54) is 10.6 Å². The molecule has 0 bridgehead atoms. The summed E-state index contributed by atoms with van der Waals surface area (Å²) in [5.41, 5.74) is -0.0496. The minimum Gasteiger partial charge on any atom is -0.395 e. The Morgan fingerprint density at radius 3 is 2.89 bits per heavy atom. The number of hydrogen-bond donors (Lipinski definition) is 2. The molecule has 0 saturated carbocycles. The molecule has 6 heteroatoms. The zero-order chi connectivity index (χ0) is 13.1. The van der Waals surface area contributed by atoms with Crippen LogP contribution in [0.5, 0.6) is 0 Å². The molecule has 6 nitrogen and oxygen atoms in total. The second-order valence-corrected chi connectivity index (χ2v) is 4.76. The number of rotatable bonds is 4. The van der Waals surface area contributed by atoms with Crippen molar-refractivity contribution in [2.45, 2.75) is 32.4 Å². The van der Waals surface area contributed by atoms with Crippen molar-refractivity contribution in [2.75, 3.05) is 19.7 Å². The van der Waals surface area contributed by atoms with Gasteiger partial charge in [0.25, 0.3) is 5.56 Å². The molecule has 2 N–H and O–H groups in total. The van der Waals surface area contributed by atoms with E-state index in [9.17, 15) is 14.7 Å². The Kier molecular flexibility index (Phi) is 3.98. The largest absolute Gasteiger partial charge is 0.395 e. The molecule has 18 heavy (non-hydrogen) atoms. The van der Waals surface area contributed by atoms with Crippen molar-refractivity contribution < 1.29 is 5.11 Å². The normalized spacial score (nSPS) is 20.4. The average molecular weight is 253 g/mol. The first-order valence-electron chi connectivity index (χ1n) is 6.27. The second kappa shape index (κ2) is 5.49. The van der Waals surface area contributed by atoms with Crippen LogP contribution in [0.15, 0.2) is 15.7 Å². The molecule has 1 atom stereocenters. The average Bonchev–Trinajstić information content (AvgIpc) is 2.75. The van der Waals surface area contributed by atoms with E-state index in [0.717, 1.165) is 19.4 Å². The van der Waals surface area contributed by atoms with Gasteiger partial charge in [0.1, 0.15) is 0 Å². The van der Waals surface area contributed by atoms with Crippen molar-refractivity contribution in [1.29, 1.82) is 0 Å². The molecule has 2 heterocycles. The summed E-state index contributed by atoms with van der Waals surface area (Å²) < 4.78 is 1.21. The number of likely N-dealkylation sites (tertiary alicyclic amines) is 1.